The molecule has 0 aromatic heterocycles. The zero-order valence-electron chi connectivity index (χ0n) is 8.64. The summed E-state index contributed by atoms with van der Waals surface area (Å²) >= 11 is 1.01. The molecule has 0 fully saturated rings. The molecule has 0 spiro atoms. The van der Waals surface area contributed by atoms with Crippen molar-refractivity contribution in [2.24, 2.45) is 16.6 Å². The van der Waals surface area contributed by atoms with Crippen LogP contribution >= 0.6 is 11.8 Å². The monoisotopic (exact) mass is 232 g/mol. The first kappa shape index (κ1) is 13.6. The zero-order chi connectivity index (χ0) is 12.0. The van der Waals surface area contributed by atoms with Gasteiger partial charge in [0.2, 0.25) is 0 Å². The molecule has 6 nitrogen and oxygen atoms in total. The normalized spacial score (nSPS) is 13.1. The van der Waals surface area contributed by atoms with E-state index in [4.69, 9.17) is 5.73 Å². The van der Waals surface area contributed by atoms with Gasteiger partial charge in [0.1, 0.15) is 5.04 Å². The van der Waals surface area contributed by atoms with Crippen LogP contribution in [0.1, 0.15) is 6.92 Å². The summed E-state index contributed by atoms with van der Waals surface area (Å²) in [6.07, 6.45) is 1.58. The van der Waals surface area contributed by atoms with Gasteiger partial charge in [0.25, 0.3) is 0 Å². The number of carbonyl (C=O) groups excluding carboxylic acids is 3. The predicted octanol–water partition coefficient (Wildman–Crippen LogP) is 0.205. The van der Waals surface area contributed by atoms with E-state index < -0.39 is 23.7 Å². The molecular formula is C8H12N2O4S. The highest BCUT2D eigenvalue weighted by Gasteiger charge is 2.30. The quantitative estimate of drug-likeness (QED) is 0.324. The van der Waals surface area contributed by atoms with Crippen molar-refractivity contribution in [2.75, 3.05) is 13.4 Å². The predicted molar refractivity (Wildman–Crippen MR) is 56.7 cm³/mol. The number of hydrogen-bond donors (Lipinski definition) is 1. The molecular weight excluding hydrogens is 220 g/mol. The Labute approximate surface area is 91.3 Å². The molecule has 0 heterocycles. The van der Waals surface area contributed by atoms with Crippen LogP contribution in [0.2, 0.25) is 0 Å². The van der Waals surface area contributed by atoms with Crippen LogP contribution in [0.5, 0.6) is 0 Å². The summed E-state index contributed by atoms with van der Waals surface area (Å²) in [5.74, 6) is -2.37. The summed E-state index contributed by atoms with van der Waals surface area (Å²) in [7, 11) is 1.15. The summed E-state index contributed by atoms with van der Waals surface area (Å²) in [4.78, 5) is 36.4. The maximum atomic E-state index is 11.2. The Bertz CT molecular complexity index is 314. The van der Waals surface area contributed by atoms with E-state index in [9.17, 15) is 14.4 Å². The highest BCUT2D eigenvalue weighted by Crippen LogP contribution is 2.13. The number of carbonyl (C=O) groups is 3. The van der Waals surface area contributed by atoms with Crippen molar-refractivity contribution in [3.05, 3.63) is 0 Å². The van der Waals surface area contributed by atoms with Crippen molar-refractivity contribution in [2.45, 2.75) is 6.92 Å². The molecule has 1 unspecified atom stereocenters. The lowest BCUT2D eigenvalue weighted by atomic mass is 10.1. The number of aliphatic imine (C=N–C) groups is 1. The number of esters is 1. The van der Waals surface area contributed by atoms with Gasteiger partial charge in [-0.25, -0.2) is 4.79 Å². The maximum Gasteiger partial charge on any atom is 0.339 e. The third-order valence-corrected chi connectivity index (χ3v) is 2.27. The molecule has 15 heavy (non-hydrogen) atoms. The number of amides is 2. The van der Waals surface area contributed by atoms with E-state index in [1.807, 2.05) is 0 Å². The van der Waals surface area contributed by atoms with Gasteiger partial charge >= 0.3 is 12.0 Å². The van der Waals surface area contributed by atoms with Gasteiger partial charge < -0.3 is 10.5 Å². The van der Waals surface area contributed by atoms with Crippen molar-refractivity contribution in [3.8, 4) is 0 Å². The average Bonchev–Trinajstić information content (AvgIpc) is 2.15. The van der Waals surface area contributed by atoms with E-state index in [0.29, 0.717) is 0 Å². The van der Waals surface area contributed by atoms with Crippen LogP contribution in [-0.2, 0) is 14.3 Å². The third-order valence-electron chi connectivity index (χ3n) is 1.52. The third kappa shape index (κ3) is 4.11. The standard InChI is InChI=1S/C8H12N2O4S/c1-4(11)5(7(12)14-2)6(15-3)10-8(9)13/h5H,1-3H3,(H2,9,13)/b10-6-. The summed E-state index contributed by atoms with van der Waals surface area (Å²) < 4.78 is 4.43. The number of nitrogens with two attached hydrogens (primary N) is 1. The van der Waals surface area contributed by atoms with E-state index >= 15 is 0 Å². The number of rotatable bonds is 3. The van der Waals surface area contributed by atoms with Gasteiger partial charge in [0.15, 0.2) is 11.7 Å². The number of thioether (sulfide) groups is 1. The smallest absolute Gasteiger partial charge is 0.339 e. The zero-order valence-corrected chi connectivity index (χ0v) is 9.46. The number of nitrogens with zero attached hydrogens (tertiary/aromatic N) is 1. The lowest BCUT2D eigenvalue weighted by molar-refractivity contribution is -0.145. The van der Waals surface area contributed by atoms with Crippen molar-refractivity contribution in [3.63, 3.8) is 0 Å². The Morgan fingerprint density at radius 2 is 1.93 bits per heavy atom. The van der Waals surface area contributed by atoms with Gasteiger partial charge in [-0.3, -0.25) is 9.59 Å². The van der Waals surface area contributed by atoms with E-state index in [1.165, 1.54) is 6.92 Å². The molecule has 0 aliphatic carbocycles. The second-order valence-electron chi connectivity index (χ2n) is 2.56. The number of ketones is 1. The second kappa shape index (κ2) is 6.18. The molecule has 0 aliphatic heterocycles. The van der Waals surface area contributed by atoms with E-state index in [-0.39, 0.29) is 5.04 Å². The molecule has 7 heteroatoms. The number of Topliss-reactive ketones (excluding diaryl/α,β-unsaturated/α-hetero) is 1. The first-order valence-electron chi connectivity index (χ1n) is 3.94. The van der Waals surface area contributed by atoms with E-state index in [0.717, 1.165) is 18.9 Å². The fourth-order valence-corrected chi connectivity index (χ4v) is 1.57. The topological polar surface area (TPSA) is 98.8 Å². The minimum absolute atomic E-state index is 0.0434. The van der Waals surface area contributed by atoms with Crippen molar-refractivity contribution < 1.29 is 19.1 Å². The van der Waals surface area contributed by atoms with Crippen LogP contribution in [0.15, 0.2) is 4.99 Å². The molecule has 0 rings (SSSR count). The molecule has 0 aliphatic rings. The van der Waals surface area contributed by atoms with Crippen LogP contribution in [0.25, 0.3) is 0 Å². The van der Waals surface area contributed by atoms with Crippen LogP contribution in [-0.4, -0.2) is 36.2 Å². The molecule has 2 N–H and O–H groups in total. The van der Waals surface area contributed by atoms with Crippen LogP contribution < -0.4 is 5.73 Å². The first-order valence-corrected chi connectivity index (χ1v) is 5.16. The minimum atomic E-state index is -1.17. The Kier molecular flexibility index (Phi) is 5.61. The van der Waals surface area contributed by atoms with Gasteiger partial charge in [0.05, 0.1) is 7.11 Å². The van der Waals surface area contributed by atoms with Crippen LogP contribution in [0, 0.1) is 5.92 Å². The largest absolute Gasteiger partial charge is 0.468 e. The molecule has 84 valence electrons. The molecule has 0 radical (unpaired) electrons. The van der Waals surface area contributed by atoms with Crippen molar-refractivity contribution in [1.29, 1.82) is 0 Å². The minimum Gasteiger partial charge on any atom is -0.468 e. The Morgan fingerprint density at radius 1 is 1.40 bits per heavy atom. The number of ether oxygens (including phenoxy) is 1. The van der Waals surface area contributed by atoms with Crippen LogP contribution in [0.3, 0.4) is 0 Å². The Hall–Kier alpha value is -1.37. The Balaban J connectivity index is 5.12. The molecule has 0 saturated heterocycles. The lowest BCUT2D eigenvalue weighted by Gasteiger charge is -2.11. The average molecular weight is 232 g/mol. The summed E-state index contributed by atoms with van der Waals surface area (Å²) in [6.45, 7) is 1.22. The van der Waals surface area contributed by atoms with Gasteiger partial charge in [-0.2, -0.15) is 4.99 Å². The number of hydrogen-bond acceptors (Lipinski definition) is 5. The summed E-state index contributed by atoms with van der Waals surface area (Å²) in [5, 5.41) is 0.0434. The maximum absolute atomic E-state index is 11.2. The molecule has 1 atom stereocenters. The number of urea groups is 1. The van der Waals surface area contributed by atoms with Crippen molar-refractivity contribution in [1.82, 2.24) is 0 Å². The highest BCUT2D eigenvalue weighted by atomic mass is 32.2. The summed E-state index contributed by atoms with van der Waals surface area (Å²) in [6, 6.07) is -0.950. The molecule has 0 aromatic rings. The van der Waals surface area contributed by atoms with Gasteiger partial charge in [-0.15, -0.1) is 11.8 Å². The fraction of sp³-hybridized carbons (Fsp3) is 0.500. The van der Waals surface area contributed by atoms with Gasteiger partial charge in [-0.05, 0) is 13.2 Å². The van der Waals surface area contributed by atoms with E-state index in [2.05, 4.69) is 9.73 Å². The first-order chi connectivity index (χ1) is 6.93. The summed E-state index contributed by atoms with van der Waals surface area (Å²) in [5.41, 5.74) is 4.85. The lowest BCUT2D eigenvalue weighted by Crippen LogP contribution is -2.30. The van der Waals surface area contributed by atoms with Gasteiger partial charge in [-0.1, -0.05) is 0 Å². The molecule has 2 amide bonds. The molecule has 0 bridgehead atoms. The Morgan fingerprint density at radius 3 is 2.20 bits per heavy atom. The number of primary amides is 1. The highest BCUT2D eigenvalue weighted by molar-refractivity contribution is 8.13. The fourth-order valence-electron chi connectivity index (χ4n) is 0.895. The van der Waals surface area contributed by atoms with Crippen LogP contribution in [0.4, 0.5) is 4.79 Å². The second-order valence-corrected chi connectivity index (χ2v) is 3.39. The van der Waals surface area contributed by atoms with Gasteiger partial charge in [0, 0.05) is 0 Å². The van der Waals surface area contributed by atoms with E-state index in [1.54, 1.807) is 6.26 Å². The number of methoxy groups -OCH3 is 1. The molecule has 0 saturated carbocycles. The molecule has 0 aromatic carbocycles. The van der Waals surface area contributed by atoms with Crippen molar-refractivity contribution >= 4 is 34.6 Å². The SMILES string of the molecule is COC(=O)C(C(C)=O)/C(=N/C(N)=O)SC.